The van der Waals surface area contributed by atoms with E-state index in [0.29, 0.717) is 12.5 Å². The van der Waals surface area contributed by atoms with Crippen molar-refractivity contribution in [2.24, 2.45) is 5.92 Å². The Bertz CT molecular complexity index is 416. The number of hydrogen-bond acceptors (Lipinski definition) is 2. The molecule has 0 aromatic heterocycles. The summed E-state index contributed by atoms with van der Waals surface area (Å²) in [6.07, 6.45) is 2.16. The number of nitrogens with one attached hydrogen (secondary N) is 1. The Hall–Kier alpha value is -1.42. The second kappa shape index (κ2) is 5.96. The van der Waals surface area contributed by atoms with Crippen molar-refractivity contribution in [3.05, 3.63) is 35.6 Å². The van der Waals surface area contributed by atoms with Gasteiger partial charge in [0, 0.05) is 13.6 Å². The lowest BCUT2D eigenvalue weighted by atomic mass is 9.97. The van der Waals surface area contributed by atoms with Gasteiger partial charge >= 0.3 is 0 Å². The van der Waals surface area contributed by atoms with Gasteiger partial charge in [-0.2, -0.15) is 0 Å². The molecule has 0 bridgehead atoms. The molecule has 0 radical (unpaired) electrons. The summed E-state index contributed by atoms with van der Waals surface area (Å²) in [5.74, 6) is -0.154. The van der Waals surface area contributed by atoms with Crippen LogP contribution in [-0.2, 0) is 0 Å². The Morgan fingerprint density at radius 2 is 2.06 bits per heavy atom. The number of nitrogens with zero attached hydrogens (tertiary/aromatic N) is 1. The van der Waals surface area contributed by atoms with E-state index < -0.39 is 5.82 Å². The highest BCUT2D eigenvalue weighted by atomic mass is 19.1. The van der Waals surface area contributed by atoms with Gasteiger partial charge in [0.1, 0.15) is 5.82 Å². The molecule has 0 spiro atoms. The molecule has 1 aromatic rings. The third kappa shape index (κ3) is 3.07. The van der Waals surface area contributed by atoms with Crippen LogP contribution in [0, 0.1) is 11.7 Å². The van der Waals surface area contributed by atoms with E-state index in [-0.39, 0.29) is 11.5 Å². The highest BCUT2D eigenvalue weighted by molar-refractivity contribution is 5.94. The lowest BCUT2D eigenvalue weighted by Crippen LogP contribution is -2.37. The first-order chi connectivity index (χ1) is 8.68. The molecule has 0 aliphatic carbocycles. The fourth-order valence-corrected chi connectivity index (χ4v) is 2.37. The summed E-state index contributed by atoms with van der Waals surface area (Å²) in [6.45, 7) is 2.72. The number of carbonyl (C=O) groups is 1. The van der Waals surface area contributed by atoms with E-state index in [0.717, 1.165) is 25.9 Å². The summed E-state index contributed by atoms with van der Waals surface area (Å²) in [4.78, 5) is 13.7. The largest absolute Gasteiger partial charge is 0.341 e. The molecule has 1 aliphatic rings. The number of carbonyl (C=O) groups excluding carboxylic acids is 1. The Morgan fingerprint density at radius 3 is 2.72 bits per heavy atom. The first kappa shape index (κ1) is 13.0. The molecule has 0 saturated carbocycles. The lowest BCUT2D eigenvalue weighted by molar-refractivity contribution is 0.0758. The maximum atomic E-state index is 13.5. The minimum absolute atomic E-state index is 0.161. The summed E-state index contributed by atoms with van der Waals surface area (Å²) in [5, 5.41) is 3.29. The van der Waals surface area contributed by atoms with Crippen molar-refractivity contribution in [1.29, 1.82) is 0 Å². The van der Waals surface area contributed by atoms with E-state index in [1.807, 2.05) is 0 Å². The molecule has 0 atom stereocenters. The first-order valence-corrected chi connectivity index (χ1v) is 6.39. The zero-order valence-electron chi connectivity index (χ0n) is 10.7. The molecule has 1 amide bonds. The second-order valence-electron chi connectivity index (χ2n) is 4.86. The molecule has 1 aliphatic heterocycles. The molecular weight excluding hydrogens is 231 g/mol. The van der Waals surface area contributed by atoms with Crippen molar-refractivity contribution in [2.75, 3.05) is 26.7 Å². The number of amides is 1. The summed E-state index contributed by atoms with van der Waals surface area (Å²) < 4.78 is 13.5. The fourth-order valence-electron chi connectivity index (χ4n) is 2.37. The maximum Gasteiger partial charge on any atom is 0.256 e. The zero-order chi connectivity index (χ0) is 13.0. The maximum absolute atomic E-state index is 13.5. The third-order valence-corrected chi connectivity index (χ3v) is 3.44. The molecule has 4 heteroatoms. The summed E-state index contributed by atoms with van der Waals surface area (Å²) >= 11 is 0. The van der Waals surface area contributed by atoms with Gasteiger partial charge in [0.15, 0.2) is 0 Å². The number of piperidine rings is 1. The van der Waals surface area contributed by atoms with Crippen molar-refractivity contribution in [2.45, 2.75) is 12.8 Å². The van der Waals surface area contributed by atoms with Crippen LogP contribution in [0.1, 0.15) is 23.2 Å². The van der Waals surface area contributed by atoms with Crippen LogP contribution in [0.2, 0.25) is 0 Å². The normalized spacial score (nSPS) is 16.6. The van der Waals surface area contributed by atoms with Gasteiger partial charge in [0.25, 0.3) is 5.91 Å². The van der Waals surface area contributed by atoms with Gasteiger partial charge in [-0.05, 0) is 44.0 Å². The number of hydrogen-bond donors (Lipinski definition) is 1. The van der Waals surface area contributed by atoms with Crippen LogP contribution in [0.15, 0.2) is 24.3 Å². The predicted octanol–water partition coefficient (Wildman–Crippen LogP) is 1.90. The van der Waals surface area contributed by atoms with E-state index in [1.54, 1.807) is 24.1 Å². The topological polar surface area (TPSA) is 32.3 Å². The van der Waals surface area contributed by atoms with Gasteiger partial charge in [-0.3, -0.25) is 4.79 Å². The summed E-state index contributed by atoms with van der Waals surface area (Å²) in [6, 6.07) is 6.15. The van der Waals surface area contributed by atoms with Crippen LogP contribution in [0.4, 0.5) is 4.39 Å². The lowest BCUT2D eigenvalue weighted by Gasteiger charge is -2.27. The minimum atomic E-state index is -0.445. The van der Waals surface area contributed by atoms with Gasteiger partial charge in [0.05, 0.1) is 5.56 Å². The Balaban J connectivity index is 1.98. The van der Waals surface area contributed by atoms with Crippen LogP contribution < -0.4 is 5.32 Å². The van der Waals surface area contributed by atoms with E-state index in [2.05, 4.69) is 5.32 Å². The Morgan fingerprint density at radius 1 is 1.39 bits per heavy atom. The van der Waals surface area contributed by atoms with Crippen LogP contribution in [0.25, 0.3) is 0 Å². The predicted molar refractivity (Wildman–Crippen MR) is 69.0 cm³/mol. The molecule has 0 unspecified atom stereocenters. The summed E-state index contributed by atoms with van der Waals surface area (Å²) in [7, 11) is 1.75. The molecule has 1 heterocycles. The highest BCUT2D eigenvalue weighted by Crippen LogP contribution is 2.15. The van der Waals surface area contributed by atoms with Crippen LogP contribution in [-0.4, -0.2) is 37.5 Å². The van der Waals surface area contributed by atoms with Gasteiger partial charge in [-0.15, -0.1) is 0 Å². The molecule has 98 valence electrons. The van der Waals surface area contributed by atoms with E-state index >= 15 is 0 Å². The van der Waals surface area contributed by atoms with Gasteiger partial charge in [-0.25, -0.2) is 4.39 Å². The molecular formula is C14H19FN2O. The number of halogens is 1. The number of rotatable bonds is 3. The van der Waals surface area contributed by atoms with Gasteiger partial charge in [-0.1, -0.05) is 12.1 Å². The minimum Gasteiger partial charge on any atom is -0.341 e. The molecule has 2 rings (SSSR count). The number of benzene rings is 1. The smallest absolute Gasteiger partial charge is 0.256 e. The average Bonchev–Trinajstić information content (AvgIpc) is 2.39. The van der Waals surface area contributed by atoms with Crippen molar-refractivity contribution < 1.29 is 9.18 Å². The van der Waals surface area contributed by atoms with E-state index in [1.165, 1.54) is 12.1 Å². The first-order valence-electron chi connectivity index (χ1n) is 6.39. The molecule has 1 saturated heterocycles. The molecule has 18 heavy (non-hydrogen) atoms. The molecule has 1 N–H and O–H groups in total. The van der Waals surface area contributed by atoms with Crippen LogP contribution in [0.5, 0.6) is 0 Å². The Labute approximate surface area is 107 Å². The third-order valence-electron chi connectivity index (χ3n) is 3.44. The van der Waals surface area contributed by atoms with Gasteiger partial charge < -0.3 is 10.2 Å². The van der Waals surface area contributed by atoms with Crippen molar-refractivity contribution in [1.82, 2.24) is 10.2 Å². The zero-order valence-corrected chi connectivity index (χ0v) is 10.7. The van der Waals surface area contributed by atoms with Crippen LogP contribution in [0.3, 0.4) is 0 Å². The Kier molecular flexibility index (Phi) is 4.31. The SMILES string of the molecule is CN(CC1CCNCC1)C(=O)c1ccccc1F. The molecule has 1 fully saturated rings. The highest BCUT2D eigenvalue weighted by Gasteiger charge is 2.20. The quantitative estimate of drug-likeness (QED) is 0.888. The molecule has 1 aromatic carbocycles. The average molecular weight is 250 g/mol. The van der Waals surface area contributed by atoms with Crippen molar-refractivity contribution >= 4 is 5.91 Å². The standard InChI is InChI=1S/C14H19FN2O/c1-17(10-11-6-8-16-9-7-11)14(18)12-4-2-3-5-13(12)15/h2-5,11,16H,6-10H2,1H3. The molecule has 3 nitrogen and oxygen atoms in total. The van der Waals surface area contributed by atoms with E-state index in [9.17, 15) is 9.18 Å². The second-order valence-corrected chi connectivity index (χ2v) is 4.86. The summed E-state index contributed by atoms with van der Waals surface area (Å²) in [5.41, 5.74) is 0.161. The van der Waals surface area contributed by atoms with E-state index in [4.69, 9.17) is 0 Å². The van der Waals surface area contributed by atoms with Crippen molar-refractivity contribution in [3.8, 4) is 0 Å². The van der Waals surface area contributed by atoms with Crippen molar-refractivity contribution in [3.63, 3.8) is 0 Å². The monoisotopic (exact) mass is 250 g/mol. The van der Waals surface area contributed by atoms with Crippen LogP contribution >= 0.6 is 0 Å². The fraction of sp³-hybridized carbons (Fsp3) is 0.500. The van der Waals surface area contributed by atoms with Gasteiger partial charge in [0.2, 0.25) is 0 Å².